The van der Waals surface area contributed by atoms with E-state index in [4.69, 9.17) is 0 Å². The average Bonchev–Trinajstić information content (AvgIpc) is 3.52. The van der Waals surface area contributed by atoms with Crippen LogP contribution < -0.4 is 4.90 Å². The summed E-state index contributed by atoms with van der Waals surface area (Å²) < 4.78 is 30.9. The molecule has 0 spiro atoms. The number of aromatic nitrogens is 1. The van der Waals surface area contributed by atoms with E-state index in [0.29, 0.717) is 18.8 Å². The first-order chi connectivity index (χ1) is 21.7. The molecule has 226 valence electrons. The topological polar surface area (TPSA) is 8.17 Å². The molecule has 2 nitrogen and oxygen atoms in total. The van der Waals surface area contributed by atoms with Crippen LogP contribution in [0.2, 0.25) is 0 Å². The molecule has 0 amide bonds. The summed E-state index contributed by atoms with van der Waals surface area (Å²) in [6.45, 7) is 6.99. The second-order valence-electron chi connectivity index (χ2n) is 14.1. The van der Waals surface area contributed by atoms with Gasteiger partial charge in [0.15, 0.2) is 0 Å². The molecule has 4 aliphatic rings. The SMILES string of the molecule is CC(C)(C)CC1=CC2=C(CC1)N(c1cccc(-c3cccc(-n4c5c(c6cc(F)ccc64)C=C(F)CC5)c3)c1)C1C=CC=CC21. The summed E-state index contributed by atoms with van der Waals surface area (Å²) in [4.78, 5) is 2.57. The minimum absolute atomic E-state index is 0.152. The molecule has 0 radical (unpaired) electrons. The quantitative estimate of drug-likeness (QED) is 0.228. The van der Waals surface area contributed by atoms with Crippen LogP contribution in [-0.4, -0.2) is 10.6 Å². The van der Waals surface area contributed by atoms with Crippen LogP contribution in [0.25, 0.3) is 33.8 Å². The molecule has 3 aliphatic carbocycles. The highest BCUT2D eigenvalue weighted by Crippen LogP contribution is 2.47. The standard InChI is InChI=1S/C41H38F2N2/c1-41(2,3)25-26-14-17-38-34(20-26)33-12-4-5-13-37(33)44(38)31-10-6-8-27(21-31)28-9-7-11-32(22-28)45-39-18-15-29(42)23-35(39)36-24-30(43)16-19-40(36)45/h4-13,15,18,20-24,33,37H,14,16-17,19,25H2,1-3H3. The molecule has 2 unspecified atom stereocenters. The number of nitrogens with zero attached hydrogens (tertiary/aromatic N) is 2. The number of benzene rings is 3. The number of hydrogen-bond donors (Lipinski definition) is 0. The molecular weight excluding hydrogens is 558 g/mol. The van der Waals surface area contributed by atoms with E-state index in [1.54, 1.807) is 11.6 Å². The van der Waals surface area contributed by atoms with Gasteiger partial charge in [-0.1, -0.05) is 81.0 Å². The molecule has 0 saturated carbocycles. The molecule has 0 fully saturated rings. The van der Waals surface area contributed by atoms with Gasteiger partial charge in [-0.15, -0.1) is 0 Å². The Morgan fingerprint density at radius 2 is 1.53 bits per heavy atom. The van der Waals surface area contributed by atoms with E-state index in [1.165, 1.54) is 29.1 Å². The van der Waals surface area contributed by atoms with Crippen LogP contribution in [0.4, 0.5) is 14.5 Å². The Morgan fingerprint density at radius 1 is 0.778 bits per heavy atom. The fraction of sp³-hybridized carbons (Fsp3) is 0.268. The molecule has 4 aromatic rings. The number of allylic oxidation sites excluding steroid dienone is 6. The molecule has 1 aliphatic heterocycles. The highest BCUT2D eigenvalue weighted by atomic mass is 19.1. The Hall–Kier alpha value is -4.44. The molecule has 2 atom stereocenters. The molecule has 0 bridgehead atoms. The molecular formula is C41H38F2N2. The van der Waals surface area contributed by atoms with Gasteiger partial charge in [0.25, 0.3) is 0 Å². The van der Waals surface area contributed by atoms with Gasteiger partial charge in [0, 0.05) is 46.1 Å². The summed E-state index contributed by atoms with van der Waals surface area (Å²) >= 11 is 0. The van der Waals surface area contributed by atoms with Crippen LogP contribution in [0, 0.1) is 17.2 Å². The van der Waals surface area contributed by atoms with Crippen LogP contribution in [0.3, 0.4) is 0 Å². The molecule has 4 heteroatoms. The van der Waals surface area contributed by atoms with Crippen molar-refractivity contribution in [2.24, 2.45) is 11.3 Å². The van der Waals surface area contributed by atoms with Gasteiger partial charge in [-0.2, -0.15) is 0 Å². The van der Waals surface area contributed by atoms with E-state index in [1.807, 2.05) is 6.07 Å². The fourth-order valence-corrected chi connectivity index (χ4v) is 7.97. The van der Waals surface area contributed by atoms with Crippen molar-refractivity contribution in [3.63, 3.8) is 0 Å². The monoisotopic (exact) mass is 596 g/mol. The molecule has 0 N–H and O–H groups in total. The predicted molar refractivity (Wildman–Crippen MR) is 183 cm³/mol. The van der Waals surface area contributed by atoms with Gasteiger partial charge in [-0.25, -0.2) is 8.78 Å². The number of anilines is 1. The summed E-state index contributed by atoms with van der Waals surface area (Å²) in [6, 6.07) is 22.6. The maximum Gasteiger partial charge on any atom is 0.123 e. The minimum Gasteiger partial charge on any atom is -0.337 e. The van der Waals surface area contributed by atoms with Crippen LogP contribution in [-0.2, 0) is 6.42 Å². The van der Waals surface area contributed by atoms with E-state index >= 15 is 0 Å². The van der Waals surface area contributed by atoms with Crippen LogP contribution in [0.1, 0.15) is 57.7 Å². The second kappa shape index (κ2) is 10.6. The van der Waals surface area contributed by atoms with Crippen LogP contribution in [0.15, 0.2) is 120 Å². The largest absolute Gasteiger partial charge is 0.337 e. The van der Waals surface area contributed by atoms with Crippen molar-refractivity contribution in [2.45, 2.75) is 58.9 Å². The van der Waals surface area contributed by atoms with E-state index in [0.717, 1.165) is 58.2 Å². The Morgan fingerprint density at radius 3 is 2.33 bits per heavy atom. The first kappa shape index (κ1) is 28.1. The first-order valence-corrected chi connectivity index (χ1v) is 16.2. The summed E-state index contributed by atoms with van der Waals surface area (Å²) in [5.74, 6) is -0.0952. The zero-order valence-electron chi connectivity index (χ0n) is 26.2. The lowest BCUT2D eigenvalue weighted by atomic mass is 9.81. The Bertz CT molecular complexity index is 2010. The average molecular weight is 597 g/mol. The van der Waals surface area contributed by atoms with Crippen molar-refractivity contribution in [1.82, 2.24) is 4.57 Å². The summed E-state index contributed by atoms with van der Waals surface area (Å²) in [5.41, 5.74) is 12.0. The van der Waals surface area contributed by atoms with Crippen molar-refractivity contribution < 1.29 is 8.78 Å². The van der Waals surface area contributed by atoms with Gasteiger partial charge in [0.1, 0.15) is 11.6 Å². The van der Waals surface area contributed by atoms with E-state index in [2.05, 4.69) is 109 Å². The van der Waals surface area contributed by atoms with Gasteiger partial charge in [-0.05, 0) is 96.3 Å². The second-order valence-corrected chi connectivity index (χ2v) is 14.1. The first-order valence-electron chi connectivity index (χ1n) is 16.2. The molecule has 8 rings (SSSR count). The molecule has 3 aromatic carbocycles. The minimum atomic E-state index is -0.308. The Kier molecular flexibility index (Phi) is 6.60. The smallest absolute Gasteiger partial charge is 0.123 e. The van der Waals surface area contributed by atoms with Crippen molar-refractivity contribution >= 4 is 22.7 Å². The number of hydrogen-bond acceptors (Lipinski definition) is 1. The lowest BCUT2D eigenvalue weighted by Crippen LogP contribution is -2.32. The lowest BCUT2D eigenvalue weighted by molar-refractivity contribution is 0.403. The Balaban J connectivity index is 1.19. The summed E-state index contributed by atoms with van der Waals surface area (Å²) in [7, 11) is 0. The maximum atomic E-state index is 14.4. The van der Waals surface area contributed by atoms with Crippen LogP contribution in [0.5, 0.6) is 0 Å². The van der Waals surface area contributed by atoms with E-state index in [-0.39, 0.29) is 23.1 Å². The highest BCUT2D eigenvalue weighted by Gasteiger charge is 2.40. The molecule has 45 heavy (non-hydrogen) atoms. The van der Waals surface area contributed by atoms with Crippen molar-refractivity contribution in [1.29, 1.82) is 0 Å². The lowest BCUT2D eigenvalue weighted by Gasteiger charge is -2.32. The third kappa shape index (κ3) is 4.91. The van der Waals surface area contributed by atoms with E-state index in [9.17, 15) is 8.78 Å². The van der Waals surface area contributed by atoms with Crippen LogP contribution >= 0.6 is 0 Å². The molecule has 0 saturated heterocycles. The fourth-order valence-electron chi connectivity index (χ4n) is 7.97. The predicted octanol–water partition coefficient (Wildman–Crippen LogP) is 11.0. The third-order valence-corrected chi connectivity index (χ3v) is 9.72. The molecule has 1 aromatic heterocycles. The zero-order chi connectivity index (χ0) is 30.9. The zero-order valence-corrected chi connectivity index (χ0v) is 26.2. The van der Waals surface area contributed by atoms with Crippen molar-refractivity contribution in [2.75, 3.05) is 4.90 Å². The number of fused-ring (bicyclic) bond motifs is 5. The number of halogens is 2. The summed E-state index contributed by atoms with van der Waals surface area (Å²) in [6.07, 6.45) is 17.5. The third-order valence-electron chi connectivity index (χ3n) is 9.72. The maximum absolute atomic E-state index is 14.4. The van der Waals surface area contributed by atoms with Gasteiger partial charge in [0.2, 0.25) is 0 Å². The highest BCUT2D eigenvalue weighted by molar-refractivity contribution is 5.94. The van der Waals surface area contributed by atoms with Crippen molar-refractivity contribution in [3.8, 4) is 16.8 Å². The Labute approximate surface area is 264 Å². The van der Waals surface area contributed by atoms with Gasteiger partial charge < -0.3 is 9.47 Å². The van der Waals surface area contributed by atoms with E-state index < -0.39 is 0 Å². The normalized spacial score (nSPS) is 20.7. The van der Waals surface area contributed by atoms with Gasteiger partial charge >= 0.3 is 0 Å². The van der Waals surface area contributed by atoms with Crippen molar-refractivity contribution in [3.05, 3.63) is 137 Å². The summed E-state index contributed by atoms with van der Waals surface area (Å²) in [5, 5.41) is 0.752. The molecule has 2 heterocycles. The number of rotatable bonds is 4. The van der Waals surface area contributed by atoms with Gasteiger partial charge in [-0.3, -0.25) is 0 Å². The van der Waals surface area contributed by atoms with Gasteiger partial charge in [0.05, 0.1) is 11.6 Å².